The van der Waals surface area contributed by atoms with Gasteiger partial charge in [0, 0.05) is 34.0 Å². The second-order valence-corrected chi connectivity index (χ2v) is 9.78. The maximum atomic E-state index is 15.0. The molecule has 2 aliphatic rings. The SMILES string of the molecule is CC1=CC(C)(C)N(C)c2cc(F)c(/C=C3/NC(=O)N(CC(=O)Nc4ccc(Br)cc4)C3=O)cc21. The molecule has 0 atom stereocenters. The molecule has 0 bridgehead atoms. The molecule has 4 rings (SSSR count). The lowest BCUT2D eigenvalue weighted by molar-refractivity contribution is -0.127. The number of nitrogens with zero attached hydrogens (tertiary/aromatic N) is 2. The number of halogens is 2. The van der Waals surface area contributed by atoms with E-state index in [1.54, 1.807) is 30.3 Å². The third kappa shape index (κ3) is 4.48. The number of rotatable bonds is 4. The standard InChI is InChI=1S/C25H24BrFN4O3/c1-14-12-25(2,3)30(4)21-11-19(27)15(9-18(14)21)10-20-23(33)31(24(34)29-20)13-22(32)28-17-7-5-16(26)6-8-17/h5-12H,13H2,1-4H3,(H,28,32)(H,29,34)/b20-10+. The molecular weight excluding hydrogens is 503 g/mol. The van der Waals surface area contributed by atoms with Crippen LogP contribution in [0.3, 0.4) is 0 Å². The molecule has 0 saturated carbocycles. The van der Waals surface area contributed by atoms with E-state index in [0.29, 0.717) is 5.69 Å². The van der Waals surface area contributed by atoms with Crippen LogP contribution in [0.2, 0.25) is 0 Å². The Balaban J connectivity index is 1.55. The van der Waals surface area contributed by atoms with E-state index in [9.17, 15) is 18.8 Å². The largest absolute Gasteiger partial charge is 0.365 e. The number of urea groups is 1. The minimum atomic E-state index is -0.738. The monoisotopic (exact) mass is 526 g/mol. The Hall–Kier alpha value is -3.46. The van der Waals surface area contributed by atoms with Gasteiger partial charge in [0.2, 0.25) is 5.91 Å². The Labute approximate surface area is 205 Å². The van der Waals surface area contributed by atoms with Gasteiger partial charge < -0.3 is 15.5 Å². The number of imide groups is 1. The van der Waals surface area contributed by atoms with Crippen LogP contribution < -0.4 is 15.5 Å². The minimum absolute atomic E-state index is 0.0913. The van der Waals surface area contributed by atoms with Crippen molar-refractivity contribution in [3.63, 3.8) is 0 Å². The molecule has 176 valence electrons. The predicted molar refractivity (Wildman–Crippen MR) is 134 cm³/mol. The van der Waals surface area contributed by atoms with Gasteiger partial charge in [0.1, 0.15) is 18.1 Å². The highest BCUT2D eigenvalue weighted by Gasteiger charge is 2.35. The van der Waals surface area contributed by atoms with Gasteiger partial charge in [0.25, 0.3) is 5.91 Å². The summed E-state index contributed by atoms with van der Waals surface area (Å²) in [7, 11) is 1.90. The second kappa shape index (κ2) is 8.72. The van der Waals surface area contributed by atoms with E-state index in [2.05, 4.69) is 32.6 Å². The van der Waals surface area contributed by atoms with E-state index in [1.807, 2.05) is 32.7 Å². The number of fused-ring (bicyclic) bond motifs is 1. The van der Waals surface area contributed by atoms with Gasteiger partial charge in [0.15, 0.2) is 0 Å². The third-order valence-corrected chi connectivity index (χ3v) is 6.56. The summed E-state index contributed by atoms with van der Waals surface area (Å²) in [6.07, 6.45) is 3.40. The first kappa shape index (κ1) is 23.7. The molecular formula is C25H24BrFN4O3. The summed E-state index contributed by atoms with van der Waals surface area (Å²) >= 11 is 3.31. The summed E-state index contributed by atoms with van der Waals surface area (Å²) in [5, 5.41) is 5.08. The molecule has 2 N–H and O–H groups in total. The number of amides is 4. The minimum Gasteiger partial charge on any atom is -0.365 e. The summed E-state index contributed by atoms with van der Waals surface area (Å²) < 4.78 is 15.8. The predicted octanol–water partition coefficient (Wildman–Crippen LogP) is 4.75. The number of nitrogens with one attached hydrogen (secondary N) is 2. The Bertz CT molecular complexity index is 1270. The molecule has 2 aliphatic heterocycles. The lowest BCUT2D eigenvalue weighted by Crippen LogP contribution is -2.42. The van der Waals surface area contributed by atoms with Crippen LogP contribution >= 0.6 is 15.9 Å². The Morgan fingerprint density at radius 2 is 1.88 bits per heavy atom. The number of benzene rings is 2. The number of allylic oxidation sites excluding steroid dienone is 1. The molecule has 0 aliphatic carbocycles. The van der Waals surface area contributed by atoms with E-state index < -0.39 is 30.2 Å². The van der Waals surface area contributed by atoms with E-state index in [0.717, 1.165) is 26.2 Å². The topological polar surface area (TPSA) is 81.8 Å². The van der Waals surface area contributed by atoms with E-state index >= 15 is 0 Å². The molecule has 2 aromatic carbocycles. The highest BCUT2D eigenvalue weighted by Crippen LogP contribution is 2.39. The van der Waals surface area contributed by atoms with Crippen LogP contribution in [-0.4, -0.2) is 41.9 Å². The molecule has 1 saturated heterocycles. The zero-order chi connectivity index (χ0) is 24.8. The van der Waals surface area contributed by atoms with Crippen molar-refractivity contribution in [2.75, 3.05) is 23.8 Å². The van der Waals surface area contributed by atoms with Crippen LogP contribution in [0.1, 0.15) is 31.9 Å². The molecule has 0 unspecified atom stereocenters. The lowest BCUT2D eigenvalue weighted by atomic mass is 9.88. The average Bonchev–Trinajstić information content (AvgIpc) is 3.02. The number of likely N-dealkylation sites (N-methyl/N-ethyl adjacent to an activating group) is 1. The number of anilines is 2. The molecule has 1 fully saturated rings. The van der Waals surface area contributed by atoms with Gasteiger partial charge in [-0.1, -0.05) is 22.0 Å². The van der Waals surface area contributed by atoms with Gasteiger partial charge in [0.05, 0.1) is 5.54 Å². The molecule has 0 radical (unpaired) electrons. The van der Waals surface area contributed by atoms with Crippen molar-refractivity contribution in [2.24, 2.45) is 0 Å². The first-order chi connectivity index (χ1) is 16.0. The van der Waals surface area contributed by atoms with Crippen molar-refractivity contribution < 1.29 is 18.8 Å². The van der Waals surface area contributed by atoms with Crippen molar-refractivity contribution in [1.29, 1.82) is 0 Å². The fraction of sp³-hybridized carbons (Fsp3) is 0.240. The molecule has 4 amide bonds. The molecule has 7 nitrogen and oxygen atoms in total. The van der Waals surface area contributed by atoms with Crippen molar-refractivity contribution in [3.05, 3.63) is 69.6 Å². The zero-order valence-corrected chi connectivity index (χ0v) is 20.8. The Morgan fingerprint density at radius 1 is 1.21 bits per heavy atom. The zero-order valence-electron chi connectivity index (χ0n) is 19.2. The summed E-state index contributed by atoms with van der Waals surface area (Å²) in [6, 6.07) is 9.25. The van der Waals surface area contributed by atoms with Crippen LogP contribution in [0.25, 0.3) is 11.6 Å². The lowest BCUT2D eigenvalue weighted by Gasteiger charge is -2.40. The third-order valence-electron chi connectivity index (χ3n) is 6.03. The maximum absolute atomic E-state index is 15.0. The van der Waals surface area contributed by atoms with Crippen LogP contribution in [0.4, 0.5) is 20.6 Å². The van der Waals surface area contributed by atoms with Crippen LogP contribution in [0, 0.1) is 5.82 Å². The second-order valence-electron chi connectivity index (χ2n) is 8.87. The number of hydrogen-bond acceptors (Lipinski definition) is 4. The Kier molecular flexibility index (Phi) is 6.07. The number of carbonyl (C=O) groups excluding carboxylic acids is 3. The number of hydrogen-bond donors (Lipinski definition) is 2. The van der Waals surface area contributed by atoms with E-state index in [-0.39, 0.29) is 16.8 Å². The van der Waals surface area contributed by atoms with Gasteiger partial charge >= 0.3 is 6.03 Å². The van der Waals surface area contributed by atoms with E-state index in [1.165, 1.54) is 12.1 Å². The van der Waals surface area contributed by atoms with Crippen molar-refractivity contribution in [3.8, 4) is 0 Å². The summed E-state index contributed by atoms with van der Waals surface area (Å²) in [4.78, 5) is 40.3. The number of carbonyl (C=O) groups is 3. The average molecular weight is 527 g/mol. The molecule has 0 spiro atoms. The first-order valence-corrected chi connectivity index (χ1v) is 11.4. The Morgan fingerprint density at radius 3 is 2.56 bits per heavy atom. The van der Waals surface area contributed by atoms with Gasteiger partial charge in [-0.15, -0.1) is 0 Å². The van der Waals surface area contributed by atoms with Crippen LogP contribution in [0.15, 0.2) is 52.6 Å². The van der Waals surface area contributed by atoms with Crippen LogP contribution in [-0.2, 0) is 9.59 Å². The van der Waals surface area contributed by atoms with E-state index in [4.69, 9.17) is 0 Å². The van der Waals surface area contributed by atoms with Crippen LogP contribution in [0.5, 0.6) is 0 Å². The van der Waals surface area contributed by atoms with Gasteiger partial charge in [-0.3, -0.25) is 9.59 Å². The first-order valence-electron chi connectivity index (χ1n) is 10.6. The van der Waals surface area contributed by atoms with Gasteiger partial charge in [-0.05, 0) is 68.8 Å². The van der Waals surface area contributed by atoms with Crippen molar-refractivity contribution >= 4 is 56.8 Å². The fourth-order valence-corrected chi connectivity index (χ4v) is 4.31. The fourth-order valence-electron chi connectivity index (χ4n) is 4.05. The normalized spacial score (nSPS) is 18.1. The van der Waals surface area contributed by atoms with Gasteiger partial charge in [-0.25, -0.2) is 14.1 Å². The quantitative estimate of drug-likeness (QED) is 0.444. The molecule has 2 heterocycles. The molecule has 34 heavy (non-hydrogen) atoms. The smallest absolute Gasteiger partial charge is 0.329 e. The highest BCUT2D eigenvalue weighted by molar-refractivity contribution is 9.10. The molecule has 9 heteroatoms. The summed E-state index contributed by atoms with van der Waals surface area (Å²) in [6.45, 7) is 5.58. The highest BCUT2D eigenvalue weighted by atomic mass is 79.9. The maximum Gasteiger partial charge on any atom is 0.329 e. The molecule has 0 aromatic heterocycles. The molecule has 2 aromatic rings. The summed E-state index contributed by atoms with van der Waals surface area (Å²) in [5.41, 5.74) is 2.93. The van der Waals surface area contributed by atoms with Crippen molar-refractivity contribution in [1.82, 2.24) is 10.2 Å². The van der Waals surface area contributed by atoms with Gasteiger partial charge in [-0.2, -0.15) is 0 Å². The van der Waals surface area contributed by atoms with Crippen molar-refractivity contribution in [2.45, 2.75) is 26.3 Å². The summed E-state index contributed by atoms with van der Waals surface area (Å²) in [5.74, 6) is -1.74.